The van der Waals surface area contributed by atoms with E-state index >= 15 is 0 Å². The summed E-state index contributed by atoms with van der Waals surface area (Å²) in [6.07, 6.45) is 4.82. The third-order valence-electron chi connectivity index (χ3n) is 4.14. The lowest BCUT2D eigenvalue weighted by Crippen LogP contribution is -2.45. The SMILES string of the molecule is CC1CCN(C(=O)NCCC(=O)N2CCCC2)CC1. The van der Waals surface area contributed by atoms with Gasteiger partial charge in [0, 0.05) is 39.1 Å². The molecule has 2 heterocycles. The van der Waals surface area contributed by atoms with Gasteiger partial charge in [0.2, 0.25) is 5.91 Å². The number of rotatable bonds is 3. The summed E-state index contributed by atoms with van der Waals surface area (Å²) in [7, 11) is 0. The van der Waals surface area contributed by atoms with Gasteiger partial charge in [-0.25, -0.2) is 4.79 Å². The number of nitrogens with one attached hydrogen (secondary N) is 1. The Kier molecular flexibility index (Phi) is 5.05. The minimum atomic E-state index is -0.0129. The van der Waals surface area contributed by atoms with Crippen LogP contribution in [0.5, 0.6) is 0 Å². The Morgan fingerprint density at radius 2 is 1.68 bits per heavy atom. The molecular formula is C14H25N3O2. The molecular weight excluding hydrogens is 242 g/mol. The van der Waals surface area contributed by atoms with Gasteiger partial charge in [0.1, 0.15) is 0 Å². The summed E-state index contributed by atoms with van der Waals surface area (Å²) in [6.45, 7) is 6.14. The second-order valence-corrected chi connectivity index (χ2v) is 5.74. The topological polar surface area (TPSA) is 52.7 Å². The third-order valence-corrected chi connectivity index (χ3v) is 4.14. The molecule has 0 radical (unpaired) electrons. The average molecular weight is 267 g/mol. The zero-order valence-corrected chi connectivity index (χ0v) is 11.9. The number of nitrogens with zero attached hydrogens (tertiary/aromatic N) is 2. The highest BCUT2D eigenvalue weighted by Gasteiger charge is 2.21. The van der Waals surface area contributed by atoms with Crippen LogP contribution in [0.4, 0.5) is 4.79 Å². The predicted molar refractivity (Wildman–Crippen MR) is 73.8 cm³/mol. The van der Waals surface area contributed by atoms with Crippen molar-refractivity contribution >= 4 is 11.9 Å². The normalized spacial score (nSPS) is 20.7. The van der Waals surface area contributed by atoms with Crippen molar-refractivity contribution in [2.24, 2.45) is 5.92 Å². The lowest BCUT2D eigenvalue weighted by Gasteiger charge is -2.30. The van der Waals surface area contributed by atoms with E-state index in [0.717, 1.165) is 57.8 Å². The first kappa shape index (κ1) is 14.2. The van der Waals surface area contributed by atoms with Crippen LogP contribution in [-0.2, 0) is 4.79 Å². The molecule has 0 spiro atoms. The Bertz CT molecular complexity index is 319. The van der Waals surface area contributed by atoms with E-state index in [9.17, 15) is 9.59 Å². The summed E-state index contributed by atoms with van der Waals surface area (Å²) in [4.78, 5) is 27.5. The van der Waals surface area contributed by atoms with E-state index in [0.29, 0.717) is 13.0 Å². The van der Waals surface area contributed by atoms with E-state index in [2.05, 4.69) is 12.2 Å². The first-order valence-corrected chi connectivity index (χ1v) is 7.47. The van der Waals surface area contributed by atoms with Crippen LogP contribution in [0.15, 0.2) is 0 Å². The summed E-state index contributed by atoms with van der Waals surface area (Å²) in [5.41, 5.74) is 0. The molecule has 2 aliphatic heterocycles. The molecule has 1 N–H and O–H groups in total. The summed E-state index contributed by atoms with van der Waals surface area (Å²) in [5, 5.41) is 2.86. The predicted octanol–water partition coefficient (Wildman–Crippen LogP) is 1.44. The molecule has 0 unspecified atom stereocenters. The van der Waals surface area contributed by atoms with E-state index in [1.165, 1.54) is 0 Å². The summed E-state index contributed by atoms with van der Waals surface area (Å²) >= 11 is 0. The van der Waals surface area contributed by atoms with Gasteiger partial charge in [-0.05, 0) is 31.6 Å². The highest BCUT2D eigenvalue weighted by atomic mass is 16.2. The molecule has 108 valence electrons. The van der Waals surface area contributed by atoms with Crippen molar-refractivity contribution in [2.75, 3.05) is 32.7 Å². The van der Waals surface area contributed by atoms with Gasteiger partial charge in [-0.2, -0.15) is 0 Å². The molecule has 5 nitrogen and oxygen atoms in total. The molecule has 0 atom stereocenters. The molecule has 19 heavy (non-hydrogen) atoms. The van der Waals surface area contributed by atoms with Gasteiger partial charge < -0.3 is 15.1 Å². The highest BCUT2D eigenvalue weighted by molar-refractivity contribution is 5.78. The van der Waals surface area contributed by atoms with E-state index in [1.807, 2.05) is 9.80 Å². The quantitative estimate of drug-likeness (QED) is 0.841. The second kappa shape index (κ2) is 6.78. The number of hydrogen-bond acceptors (Lipinski definition) is 2. The van der Waals surface area contributed by atoms with Gasteiger partial charge in [0.15, 0.2) is 0 Å². The maximum atomic E-state index is 11.9. The standard InChI is InChI=1S/C14H25N3O2/c1-12-5-10-17(11-6-12)14(19)15-7-4-13(18)16-8-2-3-9-16/h12H,2-11H2,1H3,(H,15,19). The van der Waals surface area contributed by atoms with Gasteiger partial charge in [0.25, 0.3) is 0 Å². The molecule has 0 aromatic heterocycles. The van der Waals surface area contributed by atoms with Gasteiger partial charge >= 0.3 is 6.03 Å². The molecule has 3 amide bonds. The largest absolute Gasteiger partial charge is 0.343 e. The number of piperidine rings is 1. The van der Waals surface area contributed by atoms with Crippen LogP contribution in [0, 0.1) is 5.92 Å². The van der Waals surface area contributed by atoms with Crippen LogP contribution in [-0.4, -0.2) is 54.5 Å². The van der Waals surface area contributed by atoms with Crippen molar-refractivity contribution < 1.29 is 9.59 Å². The second-order valence-electron chi connectivity index (χ2n) is 5.74. The highest BCUT2D eigenvalue weighted by Crippen LogP contribution is 2.15. The van der Waals surface area contributed by atoms with E-state index in [-0.39, 0.29) is 11.9 Å². The summed E-state index contributed by atoms with van der Waals surface area (Å²) < 4.78 is 0. The molecule has 2 saturated heterocycles. The first-order chi connectivity index (χ1) is 9.16. The number of carbonyl (C=O) groups is 2. The smallest absolute Gasteiger partial charge is 0.317 e. The van der Waals surface area contributed by atoms with Gasteiger partial charge in [-0.3, -0.25) is 4.79 Å². The zero-order chi connectivity index (χ0) is 13.7. The minimum Gasteiger partial charge on any atom is -0.343 e. The van der Waals surface area contributed by atoms with Crippen molar-refractivity contribution in [1.29, 1.82) is 0 Å². The molecule has 5 heteroatoms. The van der Waals surface area contributed by atoms with Crippen LogP contribution in [0.3, 0.4) is 0 Å². The molecule has 2 aliphatic rings. The lowest BCUT2D eigenvalue weighted by molar-refractivity contribution is -0.129. The van der Waals surface area contributed by atoms with Crippen LogP contribution in [0.25, 0.3) is 0 Å². The van der Waals surface area contributed by atoms with Crippen molar-refractivity contribution in [2.45, 2.75) is 39.0 Å². The maximum Gasteiger partial charge on any atom is 0.317 e. The summed E-state index contributed by atoms with van der Waals surface area (Å²) in [5.74, 6) is 0.894. The van der Waals surface area contributed by atoms with Crippen LogP contribution < -0.4 is 5.32 Å². The Morgan fingerprint density at radius 1 is 1.05 bits per heavy atom. The summed E-state index contributed by atoms with van der Waals surface area (Å²) in [6, 6.07) is -0.0129. The maximum absolute atomic E-state index is 11.9. The lowest BCUT2D eigenvalue weighted by atomic mass is 10.00. The van der Waals surface area contributed by atoms with Gasteiger partial charge in [-0.15, -0.1) is 0 Å². The van der Waals surface area contributed by atoms with Gasteiger partial charge in [0.05, 0.1) is 0 Å². The minimum absolute atomic E-state index is 0.0129. The number of hydrogen-bond donors (Lipinski definition) is 1. The number of carbonyl (C=O) groups excluding carboxylic acids is 2. The third kappa shape index (κ3) is 4.11. The average Bonchev–Trinajstić information content (AvgIpc) is 2.93. The van der Waals surface area contributed by atoms with Crippen LogP contribution in [0.1, 0.15) is 39.0 Å². The van der Waals surface area contributed by atoms with Crippen LogP contribution >= 0.6 is 0 Å². The fourth-order valence-corrected chi connectivity index (χ4v) is 2.72. The van der Waals surface area contributed by atoms with E-state index in [4.69, 9.17) is 0 Å². The Labute approximate surface area is 115 Å². The molecule has 2 rings (SSSR count). The van der Waals surface area contributed by atoms with Crippen molar-refractivity contribution in [3.05, 3.63) is 0 Å². The number of urea groups is 1. The Morgan fingerprint density at radius 3 is 2.32 bits per heavy atom. The fraction of sp³-hybridized carbons (Fsp3) is 0.857. The van der Waals surface area contributed by atoms with Crippen molar-refractivity contribution in [1.82, 2.24) is 15.1 Å². The number of amides is 3. The Hall–Kier alpha value is -1.26. The van der Waals surface area contributed by atoms with E-state index in [1.54, 1.807) is 0 Å². The molecule has 0 aromatic rings. The van der Waals surface area contributed by atoms with E-state index < -0.39 is 0 Å². The first-order valence-electron chi connectivity index (χ1n) is 7.47. The molecule has 0 aliphatic carbocycles. The van der Waals surface area contributed by atoms with Crippen LogP contribution in [0.2, 0.25) is 0 Å². The zero-order valence-electron chi connectivity index (χ0n) is 11.9. The van der Waals surface area contributed by atoms with Gasteiger partial charge in [-0.1, -0.05) is 6.92 Å². The monoisotopic (exact) mass is 267 g/mol. The number of likely N-dealkylation sites (tertiary alicyclic amines) is 2. The van der Waals surface area contributed by atoms with Crippen molar-refractivity contribution in [3.63, 3.8) is 0 Å². The molecule has 2 fully saturated rings. The molecule has 0 bridgehead atoms. The fourth-order valence-electron chi connectivity index (χ4n) is 2.72. The molecule has 0 saturated carbocycles. The van der Waals surface area contributed by atoms with Crippen molar-refractivity contribution in [3.8, 4) is 0 Å². The Balaban J connectivity index is 1.62. The molecule has 0 aromatic carbocycles.